The average molecular weight is 407 g/mol. The molecule has 1 aliphatic heterocycles. The van der Waals surface area contributed by atoms with Gasteiger partial charge in [0.1, 0.15) is 5.82 Å². The minimum absolute atomic E-state index is 0.0371. The van der Waals surface area contributed by atoms with Crippen LogP contribution in [0.5, 0.6) is 0 Å². The minimum Gasteiger partial charge on any atom is -0.354 e. The van der Waals surface area contributed by atoms with E-state index in [2.05, 4.69) is 50.3 Å². The summed E-state index contributed by atoms with van der Waals surface area (Å²) in [6, 6.07) is 15.4. The van der Waals surface area contributed by atoms with Crippen LogP contribution in [0.25, 0.3) is 0 Å². The van der Waals surface area contributed by atoms with Gasteiger partial charge in [-0.1, -0.05) is 56.3 Å². The van der Waals surface area contributed by atoms with E-state index in [4.69, 9.17) is 9.98 Å². The van der Waals surface area contributed by atoms with Crippen LogP contribution in [0.3, 0.4) is 0 Å². The van der Waals surface area contributed by atoms with Gasteiger partial charge in [0.05, 0.1) is 12.3 Å². The Morgan fingerprint density at radius 2 is 1.77 bits per heavy atom. The number of halogens is 1. The zero-order valence-electron chi connectivity index (χ0n) is 18.3. The molecule has 2 unspecified atom stereocenters. The lowest BCUT2D eigenvalue weighted by Crippen LogP contribution is -2.42. The summed E-state index contributed by atoms with van der Waals surface area (Å²) >= 11 is 0. The monoisotopic (exact) mass is 406 g/mol. The summed E-state index contributed by atoms with van der Waals surface area (Å²) in [6.45, 7) is 6.97. The number of guanidine groups is 1. The van der Waals surface area contributed by atoms with Gasteiger partial charge in [-0.2, -0.15) is 0 Å². The predicted molar refractivity (Wildman–Crippen MR) is 122 cm³/mol. The molecule has 4 nitrogen and oxygen atoms in total. The fourth-order valence-corrected chi connectivity index (χ4v) is 4.81. The standard InChI is InChI=1S/C25H31FN4/c1-25(2,16-30(3)4)15-28-24-27-14-17-13-21(19-10-7-8-12-22(19)26)18-9-5-6-11-20(18)23(17)29-24/h5-12,17,21H,13-16H2,1-4H3,(H,27,28). The van der Waals surface area contributed by atoms with Gasteiger partial charge in [-0.25, -0.2) is 9.38 Å². The third-order valence-corrected chi connectivity index (χ3v) is 5.96. The summed E-state index contributed by atoms with van der Waals surface area (Å²) in [4.78, 5) is 11.9. The highest BCUT2D eigenvalue weighted by Crippen LogP contribution is 2.41. The third-order valence-electron chi connectivity index (χ3n) is 5.96. The molecule has 2 aromatic rings. The normalized spacial score (nSPS) is 20.9. The lowest BCUT2D eigenvalue weighted by Gasteiger charge is -2.35. The van der Waals surface area contributed by atoms with Crippen LogP contribution in [0.15, 0.2) is 58.5 Å². The Morgan fingerprint density at radius 3 is 2.50 bits per heavy atom. The van der Waals surface area contributed by atoms with Crippen LogP contribution in [0.1, 0.15) is 42.9 Å². The Morgan fingerprint density at radius 1 is 1.07 bits per heavy atom. The summed E-state index contributed by atoms with van der Waals surface area (Å²) in [5.74, 6) is 0.828. The predicted octanol–water partition coefficient (Wildman–Crippen LogP) is 4.31. The molecule has 0 aromatic heterocycles. The van der Waals surface area contributed by atoms with Crippen molar-refractivity contribution in [1.82, 2.24) is 10.2 Å². The maximum atomic E-state index is 14.6. The molecule has 30 heavy (non-hydrogen) atoms. The fraction of sp³-hybridized carbons (Fsp3) is 0.440. The molecule has 4 rings (SSSR count). The molecule has 1 aliphatic carbocycles. The summed E-state index contributed by atoms with van der Waals surface area (Å²) < 4.78 is 14.6. The number of nitrogens with zero attached hydrogens (tertiary/aromatic N) is 3. The topological polar surface area (TPSA) is 40.0 Å². The molecule has 2 aromatic carbocycles. The molecule has 0 amide bonds. The second-order valence-corrected chi connectivity index (χ2v) is 9.51. The van der Waals surface area contributed by atoms with Gasteiger partial charge in [0.15, 0.2) is 0 Å². The number of rotatable bonds is 5. The van der Waals surface area contributed by atoms with Crippen LogP contribution in [0.2, 0.25) is 0 Å². The van der Waals surface area contributed by atoms with Crippen LogP contribution in [0.4, 0.5) is 4.39 Å². The molecular weight excluding hydrogens is 375 g/mol. The molecule has 0 bridgehead atoms. The van der Waals surface area contributed by atoms with Crippen molar-refractivity contribution in [3.05, 3.63) is 71.0 Å². The van der Waals surface area contributed by atoms with Crippen LogP contribution in [-0.4, -0.2) is 50.3 Å². The van der Waals surface area contributed by atoms with E-state index in [0.29, 0.717) is 12.5 Å². The number of hydrogen-bond donors (Lipinski definition) is 1. The van der Waals surface area contributed by atoms with Crippen LogP contribution < -0.4 is 5.32 Å². The van der Waals surface area contributed by atoms with Crippen molar-refractivity contribution in [2.45, 2.75) is 26.2 Å². The van der Waals surface area contributed by atoms with E-state index in [1.165, 1.54) is 0 Å². The van der Waals surface area contributed by atoms with E-state index in [9.17, 15) is 4.39 Å². The van der Waals surface area contributed by atoms with E-state index in [0.717, 1.165) is 41.9 Å². The Balaban J connectivity index is 1.60. The molecule has 0 saturated carbocycles. The lowest BCUT2D eigenvalue weighted by atomic mass is 9.72. The molecule has 158 valence electrons. The van der Waals surface area contributed by atoms with Crippen LogP contribution in [-0.2, 0) is 0 Å². The first kappa shape index (κ1) is 20.7. The molecule has 1 N–H and O–H groups in total. The number of benzene rings is 2. The van der Waals surface area contributed by atoms with E-state index in [1.54, 1.807) is 12.1 Å². The number of nitrogens with one attached hydrogen (secondary N) is 1. The Labute approximate surface area is 178 Å². The summed E-state index contributed by atoms with van der Waals surface area (Å²) in [6.07, 6.45) is 0.833. The molecule has 0 saturated heterocycles. The zero-order valence-corrected chi connectivity index (χ0v) is 18.3. The number of hydrogen-bond acceptors (Lipinski definition) is 4. The maximum absolute atomic E-state index is 14.6. The quantitative estimate of drug-likeness (QED) is 0.804. The van der Waals surface area contributed by atoms with Crippen molar-refractivity contribution in [3.8, 4) is 0 Å². The van der Waals surface area contributed by atoms with Gasteiger partial charge in [0, 0.05) is 30.5 Å². The van der Waals surface area contributed by atoms with E-state index in [-0.39, 0.29) is 23.1 Å². The molecule has 2 atom stereocenters. The first-order chi connectivity index (χ1) is 14.3. The number of fused-ring (bicyclic) bond motifs is 3. The SMILES string of the molecule is CN(C)CC(C)(C)CNC1=NCC2CC(c3ccccc3F)c3ccccc3C2=N1. The van der Waals surface area contributed by atoms with Crippen molar-refractivity contribution < 1.29 is 4.39 Å². The fourth-order valence-electron chi connectivity index (χ4n) is 4.81. The van der Waals surface area contributed by atoms with Crippen molar-refractivity contribution >= 4 is 11.7 Å². The maximum Gasteiger partial charge on any atom is 0.218 e. The van der Waals surface area contributed by atoms with Crippen molar-refractivity contribution in [2.24, 2.45) is 21.3 Å². The van der Waals surface area contributed by atoms with Gasteiger partial charge in [0.25, 0.3) is 0 Å². The highest BCUT2D eigenvalue weighted by Gasteiger charge is 2.35. The Kier molecular flexibility index (Phi) is 5.74. The van der Waals surface area contributed by atoms with Gasteiger partial charge in [0.2, 0.25) is 5.96 Å². The van der Waals surface area contributed by atoms with E-state index >= 15 is 0 Å². The molecule has 0 fully saturated rings. The van der Waals surface area contributed by atoms with E-state index < -0.39 is 0 Å². The smallest absolute Gasteiger partial charge is 0.218 e. The van der Waals surface area contributed by atoms with Crippen molar-refractivity contribution in [3.63, 3.8) is 0 Å². The average Bonchev–Trinajstić information content (AvgIpc) is 2.71. The third kappa shape index (κ3) is 4.31. The summed E-state index contributed by atoms with van der Waals surface area (Å²) in [7, 11) is 4.19. The van der Waals surface area contributed by atoms with Crippen molar-refractivity contribution in [1.29, 1.82) is 0 Å². The molecule has 5 heteroatoms. The number of aliphatic imine (C=N–C) groups is 2. The van der Waals surface area contributed by atoms with Gasteiger partial charge in [-0.15, -0.1) is 0 Å². The van der Waals surface area contributed by atoms with Gasteiger partial charge in [-0.3, -0.25) is 4.99 Å². The zero-order chi connectivity index (χ0) is 21.3. The highest BCUT2D eigenvalue weighted by atomic mass is 19.1. The van der Waals surface area contributed by atoms with Crippen LogP contribution >= 0.6 is 0 Å². The van der Waals surface area contributed by atoms with Gasteiger partial charge in [-0.05, 0) is 43.1 Å². The first-order valence-corrected chi connectivity index (χ1v) is 10.7. The minimum atomic E-state index is -0.137. The Bertz CT molecular complexity index is 977. The summed E-state index contributed by atoms with van der Waals surface area (Å²) in [5.41, 5.74) is 4.25. The van der Waals surface area contributed by atoms with Crippen molar-refractivity contribution in [2.75, 3.05) is 33.7 Å². The first-order valence-electron chi connectivity index (χ1n) is 10.7. The molecular formula is C25H31FN4. The second kappa shape index (κ2) is 8.31. The van der Waals surface area contributed by atoms with Crippen LogP contribution in [0, 0.1) is 17.2 Å². The van der Waals surface area contributed by atoms with E-state index in [1.807, 2.05) is 24.3 Å². The Hall–Kier alpha value is -2.53. The molecule has 2 aliphatic rings. The lowest BCUT2D eigenvalue weighted by molar-refractivity contribution is 0.241. The summed E-state index contributed by atoms with van der Waals surface area (Å²) in [5, 5.41) is 3.46. The second-order valence-electron chi connectivity index (χ2n) is 9.51. The van der Waals surface area contributed by atoms with Gasteiger partial charge >= 0.3 is 0 Å². The largest absolute Gasteiger partial charge is 0.354 e. The molecule has 0 spiro atoms. The van der Waals surface area contributed by atoms with Gasteiger partial charge < -0.3 is 10.2 Å². The highest BCUT2D eigenvalue weighted by molar-refractivity contribution is 6.11. The molecule has 0 radical (unpaired) electrons. The molecule has 1 heterocycles.